The third-order valence-electron chi connectivity index (χ3n) is 2.87. The minimum absolute atomic E-state index is 0.327. The van der Waals surface area contributed by atoms with Gasteiger partial charge in [0, 0.05) is 6.42 Å². The number of rotatable bonds is 6. The summed E-state index contributed by atoms with van der Waals surface area (Å²) in [6.45, 7) is 3.63. The van der Waals surface area contributed by atoms with E-state index >= 15 is 0 Å². The van der Waals surface area contributed by atoms with E-state index in [1.807, 2.05) is 13.8 Å². The SMILES string of the molecule is CC(C)(O)CCC[C@H]1C[C@H]1CC(=O)O. The van der Waals surface area contributed by atoms with Gasteiger partial charge in [0.15, 0.2) is 0 Å². The molecule has 1 saturated carbocycles. The highest BCUT2D eigenvalue weighted by atomic mass is 16.4. The molecule has 14 heavy (non-hydrogen) atoms. The van der Waals surface area contributed by atoms with Crippen LogP contribution in [0.4, 0.5) is 0 Å². The summed E-state index contributed by atoms with van der Waals surface area (Å²) in [5.41, 5.74) is -0.572. The molecule has 3 heteroatoms. The molecule has 0 heterocycles. The summed E-state index contributed by atoms with van der Waals surface area (Å²) in [5, 5.41) is 18.0. The molecule has 0 radical (unpaired) electrons. The highest BCUT2D eigenvalue weighted by Gasteiger charge is 2.37. The van der Waals surface area contributed by atoms with E-state index in [4.69, 9.17) is 5.11 Å². The summed E-state index contributed by atoms with van der Waals surface area (Å²) >= 11 is 0. The summed E-state index contributed by atoms with van der Waals surface area (Å²) in [5.74, 6) is 0.336. The predicted molar refractivity (Wildman–Crippen MR) is 54.0 cm³/mol. The molecule has 82 valence electrons. The van der Waals surface area contributed by atoms with E-state index in [1.54, 1.807) is 0 Å². The molecule has 0 bridgehead atoms. The topological polar surface area (TPSA) is 57.5 Å². The zero-order chi connectivity index (χ0) is 10.8. The number of carbonyl (C=O) groups is 1. The van der Waals surface area contributed by atoms with Gasteiger partial charge in [0.25, 0.3) is 0 Å². The minimum Gasteiger partial charge on any atom is -0.481 e. The molecule has 0 spiro atoms. The first-order valence-corrected chi connectivity index (χ1v) is 5.32. The van der Waals surface area contributed by atoms with E-state index < -0.39 is 11.6 Å². The van der Waals surface area contributed by atoms with Crippen LogP contribution >= 0.6 is 0 Å². The van der Waals surface area contributed by atoms with Gasteiger partial charge in [-0.05, 0) is 38.5 Å². The van der Waals surface area contributed by atoms with Crippen LogP contribution in [0.15, 0.2) is 0 Å². The zero-order valence-corrected chi connectivity index (χ0v) is 8.99. The Kier molecular flexibility index (Phi) is 3.53. The van der Waals surface area contributed by atoms with Crippen molar-refractivity contribution in [2.45, 2.75) is 51.6 Å². The van der Waals surface area contributed by atoms with Crippen molar-refractivity contribution < 1.29 is 15.0 Å². The maximum absolute atomic E-state index is 10.4. The number of carboxylic acids is 1. The number of hydrogen-bond donors (Lipinski definition) is 2. The van der Waals surface area contributed by atoms with Crippen molar-refractivity contribution in [3.63, 3.8) is 0 Å². The second-order valence-corrected chi connectivity index (χ2v) is 5.06. The Balaban J connectivity index is 2.03. The van der Waals surface area contributed by atoms with Crippen molar-refractivity contribution in [1.82, 2.24) is 0 Å². The van der Waals surface area contributed by atoms with E-state index in [1.165, 1.54) is 0 Å². The summed E-state index contributed by atoms with van der Waals surface area (Å²) in [6.07, 6.45) is 4.28. The van der Waals surface area contributed by atoms with Gasteiger partial charge < -0.3 is 10.2 Å². The summed E-state index contributed by atoms with van der Waals surface area (Å²) < 4.78 is 0. The molecule has 0 aromatic rings. The van der Waals surface area contributed by atoms with Gasteiger partial charge in [0.05, 0.1) is 5.60 Å². The lowest BCUT2D eigenvalue weighted by molar-refractivity contribution is -0.137. The van der Waals surface area contributed by atoms with E-state index in [2.05, 4.69) is 0 Å². The molecule has 3 nitrogen and oxygen atoms in total. The molecule has 1 rings (SSSR count). The van der Waals surface area contributed by atoms with E-state index in [0.717, 1.165) is 25.7 Å². The van der Waals surface area contributed by atoms with E-state index in [9.17, 15) is 9.90 Å². The van der Waals surface area contributed by atoms with Crippen molar-refractivity contribution in [2.24, 2.45) is 11.8 Å². The molecule has 0 aromatic heterocycles. The second kappa shape index (κ2) is 4.30. The lowest BCUT2D eigenvalue weighted by atomic mass is 10.00. The fourth-order valence-corrected chi connectivity index (χ4v) is 1.94. The Morgan fingerprint density at radius 3 is 2.57 bits per heavy atom. The molecule has 0 aliphatic heterocycles. The monoisotopic (exact) mass is 200 g/mol. The van der Waals surface area contributed by atoms with Gasteiger partial charge in [-0.2, -0.15) is 0 Å². The summed E-state index contributed by atoms with van der Waals surface area (Å²) in [6, 6.07) is 0. The fraction of sp³-hybridized carbons (Fsp3) is 0.909. The molecule has 0 aromatic carbocycles. The Bertz CT molecular complexity index is 205. The largest absolute Gasteiger partial charge is 0.481 e. The van der Waals surface area contributed by atoms with Gasteiger partial charge in [-0.15, -0.1) is 0 Å². The van der Waals surface area contributed by atoms with Crippen molar-refractivity contribution in [3.05, 3.63) is 0 Å². The molecular formula is C11H20O3. The van der Waals surface area contributed by atoms with Gasteiger partial charge in [-0.1, -0.05) is 12.8 Å². The van der Waals surface area contributed by atoms with Crippen LogP contribution in [0.2, 0.25) is 0 Å². The third kappa shape index (κ3) is 4.61. The maximum Gasteiger partial charge on any atom is 0.303 e. The number of carboxylic acid groups (broad SMARTS) is 1. The summed E-state index contributed by atoms with van der Waals surface area (Å²) in [7, 11) is 0. The first kappa shape index (κ1) is 11.5. The summed E-state index contributed by atoms with van der Waals surface area (Å²) in [4.78, 5) is 10.4. The lowest BCUT2D eigenvalue weighted by Gasteiger charge is -2.16. The predicted octanol–water partition coefficient (Wildman–Crippen LogP) is 2.04. The van der Waals surface area contributed by atoms with Crippen molar-refractivity contribution >= 4 is 5.97 Å². The van der Waals surface area contributed by atoms with Crippen LogP contribution in [0.5, 0.6) is 0 Å². The van der Waals surface area contributed by atoms with Crippen LogP contribution in [0, 0.1) is 11.8 Å². The normalized spacial score (nSPS) is 26.2. The molecule has 0 unspecified atom stereocenters. The van der Waals surface area contributed by atoms with Crippen LogP contribution in [-0.2, 0) is 4.79 Å². The zero-order valence-electron chi connectivity index (χ0n) is 8.99. The van der Waals surface area contributed by atoms with Gasteiger partial charge in [-0.3, -0.25) is 4.79 Å². The van der Waals surface area contributed by atoms with Crippen molar-refractivity contribution in [2.75, 3.05) is 0 Å². The Labute approximate surface area is 85.1 Å². The lowest BCUT2D eigenvalue weighted by Crippen LogP contribution is -2.17. The average Bonchev–Trinajstić information content (AvgIpc) is 2.63. The smallest absolute Gasteiger partial charge is 0.303 e. The molecule has 1 aliphatic rings. The van der Waals surface area contributed by atoms with Crippen LogP contribution in [0.3, 0.4) is 0 Å². The van der Waals surface area contributed by atoms with Crippen LogP contribution < -0.4 is 0 Å². The molecular weight excluding hydrogens is 180 g/mol. The van der Waals surface area contributed by atoms with Crippen LogP contribution in [0.25, 0.3) is 0 Å². The minimum atomic E-state index is -0.681. The first-order valence-electron chi connectivity index (χ1n) is 5.32. The van der Waals surface area contributed by atoms with Crippen molar-refractivity contribution in [3.8, 4) is 0 Å². The number of hydrogen-bond acceptors (Lipinski definition) is 2. The van der Waals surface area contributed by atoms with Gasteiger partial charge in [0.2, 0.25) is 0 Å². The second-order valence-electron chi connectivity index (χ2n) is 5.06. The molecule has 0 saturated heterocycles. The fourth-order valence-electron chi connectivity index (χ4n) is 1.94. The van der Waals surface area contributed by atoms with E-state index in [0.29, 0.717) is 18.3 Å². The van der Waals surface area contributed by atoms with Crippen LogP contribution in [-0.4, -0.2) is 21.8 Å². The third-order valence-corrected chi connectivity index (χ3v) is 2.87. The Morgan fingerprint density at radius 1 is 1.43 bits per heavy atom. The molecule has 2 atom stereocenters. The van der Waals surface area contributed by atoms with Gasteiger partial charge >= 0.3 is 5.97 Å². The molecule has 1 fully saturated rings. The molecule has 1 aliphatic carbocycles. The van der Waals surface area contributed by atoms with E-state index in [-0.39, 0.29) is 0 Å². The molecule has 2 N–H and O–H groups in total. The number of aliphatic hydroxyl groups is 1. The standard InChI is InChI=1S/C11H20O3/c1-11(2,14)5-3-4-8-6-9(8)7-10(12)13/h8-9,14H,3-7H2,1-2H3,(H,12,13)/t8-,9-/m0/s1. The number of aliphatic carboxylic acids is 1. The van der Waals surface area contributed by atoms with Gasteiger partial charge in [-0.25, -0.2) is 0 Å². The maximum atomic E-state index is 10.4. The average molecular weight is 200 g/mol. The molecule has 0 amide bonds. The van der Waals surface area contributed by atoms with Gasteiger partial charge in [0.1, 0.15) is 0 Å². The van der Waals surface area contributed by atoms with Crippen LogP contribution in [0.1, 0.15) is 46.0 Å². The quantitative estimate of drug-likeness (QED) is 0.689. The Hall–Kier alpha value is -0.570. The Morgan fingerprint density at radius 2 is 2.07 bits per heavy atom. The highest BCUT2D eigenvalue weighted by molar-refractivity contribution is 5.67. The highest BCUT2D eigenvalue weighted by Crippen LogP contribution is 2.44. The van der Waals surface area contributed by atoms with Crippen molar-refractivity contribution in [1.29, 1.82) is 0 Å². The first-order chi connectivity index (χ1) is 6.38.